The first-order valence-corrected chi connectivity index (χ1v) is 9.03. The van der Waals surface area contributed by atoms with Gasteiger partial charge in [-0.1, -0.05) is 12.8 Å². The standard InChI is InChI=1S/C13H22N2O2S2/c1-10-8-13(18-12(10)9-14)19(16,17)15-7-5-3-4-6-11(15)2/h8,11H,3-7,9,14H2,1-2H3. The van der Waals surface area contributed by atoms with Crippen molar-refractivity contribution in [2.24, 2.45) is 5.73 Å². The fourth-order valence-corrected chi connectivity index (χ4v) is 5.84. The van der Waals surface area contributed by atoms with E-state index in [1.165, 1.54) is 11.3 Å². The molecule has 1 aliphatic heterocycles. The molecule has 0 radical (unpaired) electrons. The number of rotatable bonds is 3. The van der Waals surface area contributed by atoms with Gasteiger partial charge in [-0.3, -0.25) is 0 Å². The number of aryl methyl sites for hydroxylation is 1. The molecule has 1 saturated heterocycles. The van der Waals surface area contributed by atoms with Crippen molar-refractivity contribution in [3.05, 3.63) is 16.5 Å². The second-order valence-corrected chi connectivity index (χ2v) is 8.44. The number of hydrogen-bond donors (Lipinski definition) is 1. The highest BCUT2D eigenvalue weighted by Crippen LogP contribution is 2.31. The summed E-state index contributed by atoms with van der Waals surface area (Å²) in [5.74, 6) is 0. The van der Waals surface area contributed by atoms with Crippen molar-refractivity contribution >= 4 is 21.4 Å². The second kappa shape index (κ2) is 5.91. The molecule has 2 heterocycles. The molecule has 6 heteroatoms. The zero-order valence-corrected chi connectivity index (χ0v) is 13.2. The van der Waals surface area contributed by atoms with Crippen LogP contribution in [-0.4, -0.2) is 25.3 Å². The van der Waals surface area contributed by atoms with E-state index < -0.39 is 10.0 Å². The molecule has 1 aromatic rings. The molecule has 0 spiro atoms. The number of nitrogens with zero attached hydrogens (tertiary/aromatic N) is 1. The smallest absolute Gasteiger partial charge is 0.252 e. The van der Waals surface area contributed by atoms with Crippen molar-refractivity contribution in [1.82, 2.24) is 4.31 Å². The number of nitrogens with two attached hydrogens (primary N) is 1. The van der Waals surface area contributed by atoms with Gasteiger partial charge < -0.3 is 5.73 Å². The van der Waals surface area contributed by atoms with E-state index in [0.29, 0.717) is 17.3 Å². The highest BCUT2D eigenvalue weighted by molar-refractivity contribution is 7.91. The number of thiophene rings is 1. The van der Waals surface area contributed by atoms with Crippen molar-refractivity contribution in [1.29, 1.82) is 0 Å². The topological polar surface area (TPSA) is 63.4 Å². The van der Waals surface area contributed by atoms with Crippen molar-refractivity contribution in [3.63, 3.8) is 0 Å². The maximum absolute atomic E-state index is 12.7. The Bertz CT molecular complexity index is 537. The van der Waals surface area contributed by atoms with Crippen LogP contribution in [0, 0.1) is 6.92 Å². The van der Waals surface area contributed by atoms with Crippen molar-refractivity contribution in [2.75, 3.05) is 6.54 Å². The summed E-state index contributed by atoms with van der Waals surface area (Å²) in [5.41, 5.74) is 6.62. The van der Waals surface area contributed by atoms with Gasteiger partial charge in [-0.15, -0.1) is 11.3 Å². The van der Waals surface area contributed by atoms with Gasteiger partial charge in [-0.2, -0.15) is 4.31 Å². The lowest BCUT2D eigenvalue weighted by molar-refractivity contribution is 0.343. The second-order valence-electron chi connectivity index (χ2n) is 5.19. The van der Waals surface area contributed by atoms with Crippen LogP contribution in [0.1, 0.15) is 43.0 Å². The molecule has 2 rings (SSSR count). The lowest BCUT2D eigenvalue weighted by Gasteiger charge is -2.25. The predicted octanol–water partition coefficient (Wildman–Crippen LogP) is 2.47. The average Bonchev–Trinajstić information content (AvgIpc) is 2.60. The number of sulfonamides is 1. The summed E-state index contributed by atoms with van der Waals surface area (Å²) in [6.45, 7) is 4.97. The van der Waals surface area contributed by atoms with Crippen LogP contribution in [-0.2, 0) is 16.6 Å². The fourth-order valence-electron chi connectivity index (χ4n) is 2.54. The van der Waals surface area contributed by atoms with E-state index in [1.54, 1.807) is 10.4 Å². The molecule has 4 nitrogen and oxygen atoms in total. The first-order chi connectivity index (χ1) is 8.96. The van der Waals surface area contributed by atoms with Crippen LogP contribution in [0.2, 0.25) is 0 Å². The largest absolute Gasteiger partial charge is 0.326 e. The van der Waals surface area contributed by atoms with E-state index in [-0.39, 0.29) is 6.04 Å². The Kier molecular flexibility index (Phi) is 4.66. The molecule has 1 unspecified atom stereocenters. The van der Waals surface area contributed by atoms with E-state index in [2.05, 4.69) is 0 Å². The Labute approximate surface area is 119 Å². The summed E-state index contributed by atoms with van der Waals surface area (Å²) < 4.78 is 27.6. The van der Waals surface area contributed by atoms with Gasteiger partial charge in [0.2, 0.25) is 0 Å². The third-order valence-corrected chi connectivity index (χ3v) is 7.46. The predicted molar refractivity (Wildman–Crippen MR) is 78.8 cm³/mol. The molecular weight excluding hydrogens is 280 g/mol. The Balaban J connectivity index is 2.34. The zero-order chi connectivity index (χ0) is 14.0. The van der Waals surface area contributed by atoms with Gasteiger partial charge in [0.25, 0.3) is 10.0 Å². The third-order valence-electron chi connectivity index (χ3n) is 3.74. The van der Waals surface area contributed by atoms with Crippen molar-refractivity contribution < 1.29 is 8.42 Å². The molecule has 19 heavy (non-hydrogen) atoms. The van der Waals surface area contributed by atoms with Gasteiger partial charge >= 0.3 is 0 Å². The van der Waals surface area contributed by atoms with Crippen LogP contribution in [0.3, 0.4) is 0 Å². The van der Waals surface area contributed by atoms with Crippen LogP contribution in [0.25, 0.3) is 0 Å². The summed E-state index contributed by atoms with van der Waals surface area (Å²) in [6.07, 6.45) is 4.14. The van der Waals surface area contributed by atoms with Crippen LogP contribution in [0.5, 0.6) is 0 Å². The van der Waals surface area contributed by atoms with E-state index >= 15 is 0 Å². The van der Waals surface area contributed by atoms with Gasteiger partial charge in [0.1, 0.15) is 4.21 Å². The molecule has 0 aromatic carbocycles. The van der Waals surface area contributed by atoms with E-state index in [0.717, 1.165) is 36.1 Å². The third kappa shape index (κ3) is 3.02. The molecule has 1 atom stereocenters. The molecule has 0 saturated carbocycles. The van der Waals surface area contributed by atoms with Gasteiger partial charge in [0.05, 0.1) is 0 Å². The van der Waals surface area contributed by atoms with Gasteiger partial charge in [-0.05, 0) is 38.3 Å². The maximum Gasteiger partial charge on any atom is 0.252 e. The summed E-state index contributed by atoms with van der Waals surface area (Å²) >= 11 is 1.31. The van der Waals surface area contributed by atoms with Crippen LogP contribution >= 0.6 is 11.3 Å². The Morgan fingerprint density at radius 3 is 2.79 bits per heavy atom. The van der Waals surface area contributed by atoms with Crippen molar-refractivity contribution in [3.8, 4) is 0 Å². The molecule has 1 aromatic heterocycles. The first kappa shape index (κ1) is 15.0. The summed E-state index contributed by atoms with van der Waals surface area (Å²) in [5, 5.41) is 0. The molecular formula is C13H22N2O2S2. The lowest BCUT2D eigenvalue weighted by atomic mass is 10.1. The Morgan fingerprint density at radius 2 is 2.16 bits per heavy atom. The summed E-state index contributed by atoms with van der Waals surface area (Å²) in [6, 6.07) is 1.86. The minimum Gasteiger partial charge on any atom is -0.326 e. The summed E-state index contributed by atoms with van der Waals surface area (Å²) in [4.78, 5) is 0.959. The maximum atomic E-state index is 12.7. The van der Waals surface area contributed by atoms with Crippen molar-refractivity contribution in [2.45, 2.75) is 56.3 Å². The Hall–Kier alpha value is -0.430. The highest BCUT2D eigenvalue weighted by atomic mass is 32.2. The van der Waals surface area contributed by atoms with Gasteiger partial charge in [0, 0.05) is 24.0 Å². The van der Waals surface area contributed by atoms with Crippen LogP contribution in [0.15, 0.2) is 10.3 Å². The SMILES string of the molecule is Cc1cc(S(=O)(=O)N2CCCCCC2C)sc1CN. The van der Waals surface area contributed by atoms with E-state index in [9.17, 15) is 8.42 Å². The van der Waals surface area contributed by atoms with Crippen LogP contribution in [0.4, 0.5) is 0 Å². The minimum absolute atomic E-state index is 0.0937. The van der Waals surface area contributed by atoms with Gasteiger partial charge in [0.15, 0.2) is 0 Å². The molecule has 108 valence electrons. The molecule has 0 bridgehead atoms. The first-order valence-electron chi connectivity index (χ1n) is 6.78. The normalized spacial score (nSPS) is 22.4. The molecule has 1 fully saturated rings. The lowest BCUT2D eigenvalue weighted by Crippen LogP contribution is -2.37. The van der Waals surface area contributed by atoms with Crippen LogP contribution < -0.4 is 5.73 Å². The van der Waals surface area contributed by atoms with E-state index in [4.69, 9.17) is 5.73 Å². The quantitative estimate of drug-likeness (QED) is 0.933. The monoisotopic (exact) mass is 302 g/mol. The zero-order valence-electron chi connectivity index (χ0n) is 11.6. The molecule has 1 aliphatic rings. The number of hydrogen-bond acceptors (Lipinski definition) is 4. The highest BCUT2D eigenvalue weighted by Gasteiger charge is 2.31. The molecule has 0 amide bonds. The average molecular weight is 302 g/mol. The minimum atomic E-state index is -3.35. The Morgan fingerprint density at radius 1 is 1.42 bits per heavy atom. The molecule has 2 N–H and O–H groups in total. The fraction of sp³-hybridized carbons (Fsp3) is 0.692. The van der Waals surface area contributed by atoms with Gasteiger partial charge in [-0.25, -0.2) is 8.42 Å². The summed E-state index contributed by atoms with van der Waals surface area (Å²) in [7, 11) is -3.35. The molecule has 0 aliphatic carbocycles. The van der Waals surface area contributed by atoms with E-state index in [1.807, 2.05) is 13.8 Å².